The van der Waals surface area contributed by atoms with Gasteiger partial charge in [-0.2, -0.15) is 0 Å². The quantitative estimate of drug-likeness (QED) is 0.0538. The van der Waals surface area contributed by atoms with Crippen LogP contribution in [0.4, 0.5) is 0 Å². The number of H-pyrrole nitrogens is 1. The largest absolute Gasteiger partial charge is 0.390 e. The summed E-state index contributed by atoms with van der Waals surface area (Å²) in [6.45, 7) is 5.73. The summed E-state index contributed by atoms with van der Waals surface area (Å²) >= 11 is 0. The van der Waals surface area contributed by atoms with Crippen molar-refractivity contribution in [3.8, 4) is 0 Å². The van der Waals surface area contributed by atoms with Gasteiger partial charge in [-0.05, 0) is 65.0 Å². The number of aromatic amines is 1. The zero-order chi connectivity index (χ0) is 40.0. The topological polar surface area (TPSA) is 149 Å². The third-order valence-electron chi connectivity index (χ3n) is 10.8. The van der Waals surface area contributed by atoms with E-state index >= 15 is 0 Å². The van der Waals surface area contributed by atoms with Crippen molar-refractivity contribution >= 4 is 28.5 Å². The molecule has 5 N–H and O–H groups in total. The second-order valence-electron chi connectivity index (χ2n) is 15.5. The number of carbonyl (C=O) groups is 3. The minimum atomic E-state index is -1.11. The molecule has 300 valence electrons. The van der Waals surface area contributed by atoms with Crippen molar-refractivity contribution in [3.05, 3.63) is 138 Å². The highest BCUT2D eigenvalue weighted by molar-refractivity contribution is 5.91. The van der Waals surface area contributed by atoms with E-state index in [9.17, 15) is 19.5 Å². The van der Waals surface area contributed by atoms with E-state index < -0.39 is 30.1 Å². The maximum atomic E-state index is 14.3. The van der Waals surface area contributed by atoms with Crippen molar-refractivity contribution < 1.29 is 24.2 Å². The Bertz CT molecular complexity index is 1990. The van der Waals surface area contributed by atoms with E-state index in [1.54, 1.807) is 6.20 Å². The number of nitrogens with one attached hydrogen (secondary N) is 4. The van der Waals surface area contributed by atoms with E-state index in [0.29, 0.717) is 44.1 Å². The molecule has 1 aliphatic heterocycles. The van der Waals surface area contributed by atoms with Crippen molar-refractivity contribution in [1.29, 1.82) is 0 Å². The van der Waals surface area contributed by atoms with E-state index in [1.807, 2.05) is 110 Å². The minimum Gasteiger partial charge on any atom is -0.390 e. The molecule has 6 rings (SSSR count). The van der Waals surface area contributed by atoms with E-state index in [2.05, 4.69) is 38.1 Å². The molecular weight excluding hydrogens is 717 g/mol. The van der Waals surface area contributed by atoms with Gasteiger partial charge in [-0.25, -0.2) is 4.98 Å². The third kappa shape index (κ3) is 12.1. The average Bonchev–Trinajstić information content (AvgIpc) is 3.75. The Labute approximate surface area is 335 Å². The number of hydrogen-bond donors (Lipinski definition) is 5. The summed E-state index contributed by atoms with van der Waals surface area (Å²) in [6.07, 6.45) is 4.64. The van der Waals surface area contributed by atoms with Crippen LogP contribution in [0.2, 0.25) is 0 Å². The molecule has 1 aromatic heterocycles. The van der Waals surface area contributed by atoms with Crippen molar-refractivity contribution in [3.63, 3.8) is 0 Å². The first kappa shape index (κ1) is 41.3. The summed E-state index contributed by atoms with van der Waals surface area (Å²) in [6, 6.07) is 31.8. The van der Waals surface area contributed by atoms with Crippen molar-refractivity contribution in [1.82, 2.24) is 30.8 Å². The van der Waals surface area contributed by atoms with E-state index in [0.717, 1.165) is 34.7 Å². The third-order valence-corrected chi connectivity index (χ3v) is 10.8. The van der Waals surface area contributed by atoms with Crippen LogP contribution < -0.4 is 16.0 Å². The van der Waals surface area contributed by atoms with Crippen LogP contribution in [0, 0.1) is 5.92 Å². The number of aromatic nitrogens is 2. The van der Waals surface area contributed by atoms with Gasteiger partial charge in [0.2, 0.25) is 17.7 Å². The van der Waals surface area contributed by atoms with Gasteiger partial charge in [-0.3, -0.25) is 19.7 Å². The molecular formula is C46H56N6O5. The van der Waals surface area contributed by atoms with Gasteiger partial charge in [0, 0.05) is 25.7 Å². The van der Waals surface area contributed by atoms with Crippen LogP contribution >= 0.6 is 0 Å². The van der Waals surface area contributed by atoms with Crippen LogP contribution in [0.1, 0.15) is 67.8 Å². The lowest BCUT2D eigenvalue weighted by atomic mass is 9.89. The Balaban J connectivity index is 1.14. The number of fused-ring (bicyclic) bond motifs is 1. The molecule has 0 radical (unpaired) electrons. The fourth-order valence-corrected chi connectivity index (χ4v) is 7.68. The van der Waals surface area contributed by atoms with E-state index in [4.69, 9.17) is 4.74 Å². The lowest BCUT2D eigenvalue weighted by Gasteiger charge is -2.34. The summed E-state index contributed by atoms with van der Waals surface area (Å²) in [7, 11) is 0. The standard InChI is InChI=1S/C46H56N6O5/c1-32(2)24-40(43(53)27-44(54)52-22-20-35(21-23-52)34-14-7-4-8-15-34)50-46(56)42(26-38-28-47-30-48-38)51-45(55)41(49-31-57-29-33-12-5-3-6-13-33)25-37-18-11-17-36-16-9-10-19-39(36)37/h3-19,28,30,32,35,40-43,49,53H,20-27,29,31H2,1-2H3,(H,47,48)(H,50,56)(H,51,55)/t40-,41-,42-,43-/m0/s1. The normalized spacial score (nSPS) is 15.5. The summed E-state index contributed by atoms with van der Waals surface area (Å²) in [4.78, 5) is 51.1. The second kappa shape index (κ2) is 20.7. The molecule has 57 heavy (non-hydrogen) atoms. The number of amides is 3. The fourth-order valence-electron chi connectivity index (χ4n) is 7.68. The average molecular weight is 773 g/mol. The highest BCUT2D eigenvalue weighted by Gasteiger charge is 2.33. The number of ether oxygens (including phenoxy) is 1. The minimum absolute atomic E-state index is 0.106. The molecule has 4 aromatic carbocycles. The number of nitrogens with zero attached hydrogens (tertiary/aromatic N) is 2. The van der Waals surface area contributed by atoms with Gasteiger partial charge >= 0.3 is 0 Å². The molecule has 1 fully saturated rings. The number of piperidine rings is 1. The number of aliphatic hydroxyl groups is 1. The molecule has 0 bridgehead atoms. The lowest BCUT2D eigenvalue weighted by Crippen LogP contribution is -2.57. The lowest BCUT2D eigenvalue weighted by molar-refractivity contribution is -0.136. The number of benzene rings is 4. The summed E-state index contributed by atoms with van der Waals surface area (Å²) in [5.41, 5.74) is 3.87. The van der Waals surface area contributed by atoms with Crippen LogP contribution in [-0.4, -0.2) is 81.7 Å². The molecule has 3 amide bonds. The molecule has 2 heterocycles. The summed E-state index contributed by atoms with van der Waals surface area (Å²) < 4.78 is 5.94. The number of carbonyl (C=O) groups excluding carboxylic acids is 3. The number of likely N-dealkylation sites (tertiary alicyclic amines) is 1. The first-order chi connectivity index (χ1) is 27.7. The highest BCUT2D eigenvalue weighted by Crippen LogP contribution is 2.28. The smallest absolute Gasteiger partial charge is 0.243 e. The Morgan fingerprint density at radius 2 is 1.53 bits per heavy atom. The van der Waals surface area contributed by atoms with Crippen molar-refractivity contribution in [2.24, 2.45) is 5.92 Å². The molecule has 11 heteroatoms. The van der Waals surface area contributed by atoms with Gasteiger partial charge < -0.3 is 30.4 Å². The molecule has 0 spiro atoms. The molecule has 4 atom stereocenters. The Kier molecular flexibility index (Phi) is 15.0. The maximum absolute atomic E-state index is 14.3. The van der Waals surface area contributed by atoms with Crippen LogP contribution in [0.25, 0.3) is 10.8 Å². The predicted octanol–water partition coefficient (Wildman–Crippen LogP) is 5.65. The number of aliphatic hydroxyl groups excluding tert-OH is 1. The fraction of sp³-hybridized carbons (Fsp3) is 0.391. The van der Waals surface area contributed by atoms with Crippen molar-refractivity contribution in [2.75, 3.05) is 19.8 Å². The van der Waals surface area contributed by atoms with Crippen LogP contribution in [0.5, 0.6) is 0 Å². The van der Waals surface area contributed by atoms with Crippen molar-refractivity contribution in [2.45, 2.75) is 89.1 Å². The number of rotatable bonds is 19. The molecule has 5 aromatic rings. The Morgan fingerprint density at radius 1 is 0.842 bits per heavy atom. The molecule has 1 saturated heterocycles. The molecule has 1 aliphatic rings. The van der Waals surface area contributed by atoms with Crippen LogP contribution in [0.3, 0.4) is 0 Å². The monoisotopic (exact) mass is 772 g/mol. The first-order valence-corrected chi connectivity index (χ1v) is 20.1. The van der Waals surface area contributed by atoms with Gasteiger partial charge in [0.25, 0.3) is 0 Å². The number of hydrogen-bond acceptors (Lipinski definition) is 7. The SMILES string of the molecule is CC(C)C[C@H](NC(=O)[C@H](Cc1c[nH]cn1)NC(=O)[C@H](Cc1cccc2ccccc12)NCOCc1ccccc1)[C@@H](O)CC(=O)N1CCC(c2ccccc2)CC1. The van der Waals surface area contributed by atoms with Gasteiger partial charge in [0.05, 0.1) is 50.0 Å². The summed E-state index contributed by atoms with van der Waals surface area (Å²) in [5.74, 6) is -0.451. The zero-order valence-electron chi connectivity index (χ0n) is 33.0. The summed E-state index contributed by atoms with van der Waals surface area (Å²) in [5, 5.41) is 22.9. The molecule has 0 aliphatic carbocycles. The van der Waals surface area contributed by atoms with E-state index in [1.165, 1.54) is 11.9 Å². The number of imidazole rings is 1. The second-order valence-corrected chi connectivity index (χ2v) is 15.5. The van der Waals surface area contributed by atoms with Gasteiger partial charge in [-0.1, -0.05) is 117 Å². The zero-order valence-corrected chi connectivity index (χ0v) is 33.0. The highest BCUT2D eigenvalue weighted by atomic mass is 16.5. The molecule has 11 nitrogen and oxygen atoms in total. The van der Waals surface area contributed by atoms with Crippen LogP contribution in [-0.2, 0) is 38.6 Å². The maximum Gasteiger partial charge on any atom is 0.243 e. The Hall–Kier alpha value is -5.36. The molecule has 0 unspecified atom stereocenters. The van der Waals surface area contributed by atoms with Gasteiger partial charge in [0.15, 0.2) is 0 Å². The van der Waals surface area contributed by atoms with E-state index in [-0.39, 0.29) is 37.3 Å². The van der Waals surface area contributed by atoms with Crippen LogP contribution in [0.15, 0.2) is 116 Å². The predicted molar refractivity (Wildman–Crippen MR) is 222 cm³/mol. The first-order valence-electron chi connectivity index (χ1n) is 20.1. The van der Waals surface area contributed by atoms with Gasteiger partial charge in [-0.15, -0.1) is 0 Å². The van der Waals surface area contributed by atoms with Gasteiger partial charge in [0.1, 0.15) is 6.04 Å². The molecule has 0 saturated carbocycles. The Morgan fingerprint density at radius 3 is 2.25 bits per heavy atom.